The second kappa shape index (κ2) is 14.3. The van der Waals surface area contributed by atoms with Gasteiger partial charge in [0, 0.05) is 59.4 Å². The molecular weight excluding hydrogens is 845 g/mol. The summed E-state index contributed by atoms with van der Waals surface area (Å²) in [5, 5.41) is 9.66. The first-order valence-electron chi connectivity index (χ1n) is 18.2. The molecule has 0 aliphatic rings. The summed E-state index contributed by atoms with van der Waals surface area (Å²) in [6.07, 6.45) is 3.65. The zero-order chi connectivity index (χ0) is 36.3. The van der Waals surface area contributed by atoms with E-state index in [1.54, 1.807) is 6.20 Å². The van der Waals surface area contributed by atoms with Crippen molar-refractivity contribution in [2.24, 2.45) is 0 Å². The number of pyridine rings is 2. The fraction of sp³-hybridized carbons (Fsp3) is 0.125. The Bertz CT molecular complexity index is 2990. The van der Waals surface area contributed by atoms with E-state index in [4.69, 9.17) is 5.79 Å². The van der Waals surface area contributed by atoms with Crippen molar-refractivity contribution in [2.45, 2.75) is 39.5 Å². The van der Waals surface area contributed by atoms with E-state index < -0.39 is 5.89 Å². The van der Waals surface area contributed by atoms with E-state index in [1.165, 1.54) is 47.3 Å². The predicted molar refractivity (Wildman–Crippen MR) is 220 cm³/mol. The maximum atomic E-state index is 8.22. The van der Waals surface area contributed by atoms with E-state index in [0.29, 0.717) is 5.92 Å². The van der Waals surface area contributed by atoms with Crippen LogP contribution >= 0.6 is 11.3 Å². The summed E-state index contributed by atoms with van der Waals surface area (Å²) >= 11 is 1.83. The fourth-order valence-corrected chi connectivity index (χ4v) is 8.20. The first-order valence-corrected chi connectivity index (χ1v) is 18.5. The van der Waals surface area contributed by atoms with E-state index in [1.807, 2.05) is 55.6 Å². The molecule has 0 spiro atoms. The topological polar surface area (TPSA) is 38.9 Å². The van der Waals surface area contributed by atoms with Gasteiger partial charge in [-0.2, -0.15) is 0 Å². The van der Waals surface area contributed by atoms with Crippen LogP contribution in [0, 0.1) is 12.1 Å². The molecule has 261 valence electrons. The Morgan fingerprint density at radius 3 is 2.19 bits per heavy atom. The zero-order valence-corrected chi connectivity index (χ0v) is 33.0. The Morgan fingerprint density at radius 1 is 0.623 bits per heavy atom. The molecule has 10 rings (SSSR count). The van der Waals surface area contributed by atoms with Crippen LogP contribution in [0.2, 0.25) is 0 Å². The molecule has 3 nitrogen and oxygen atoms in total. The molecule has 0 bridgehead atoms. The molecule has 0 unspecified atom stereocenters. The van der Waals surface area contributed by atoms with Crippen molar-refractivity contribution in [3.8, 4) is 22.5 Å². The van der Waals surface area contributed by atoms with E-state index in [9.17, 15) is 0 Å². The molecule has 0 N–H and O–H groups in total. The molecule has 0 aliphatic heterocycles. The van der Waals surface area contributed by atoms with Gasteiger partial charge in [-0.25, -0.2) is 0 Å². The van der Waals surface area contributed by atoms with Crippen LogP contribution in [-0.2, 0) is 20.1 Å². The molecular formula is C48H36IrN2OS-2. The summed E-state index contributed by atoms with van der Waals surface area (Å²) in [7, 11) is 0. The maximum absolute atomic E-state index is 8.22. The second-order valence-electron chi connectivity index (χ2n) is 13.8. The van der Waals surface area contributed by atoms with Crippen LogP contribution in [0.1, 0.15) is 52.0 Å². The van der Waals surface area contributed by atoms with Crippen LogP contribution in [0.3, 0.4) is 0 Å². The number of benzene rings is 6. The van der Waals surface area contributed by atoms with Gasteiger partial charge in [-0.05, 0) is 58.9 Å². The number of hydrogen-bond acceptors (Lipinski definition) is 4. The molecule has 0 amide bonds. The summed E-state index contributed by atoms with van der Waals surface area (Å²) in [5.41, 5.74) is 7.66. The van der Waals surface area contributed by atoms with Gasteiger partial charge in [-0.15, -0.1) is 58.7 Å². The van der Waals surface area contributed by atoms with Crippen LogP contribution in [0.15, 0.2) is 138 Å². The monoisotopic (exact) mass is 882 g/mol. The largest absolute Gasteiger partial charge is 0.501 e. The van der Waals surface area contributed by atoms with Gasteiger partial charge in [-0.1, -0.05) is 127 Å². The summed E-state index contributed by atoms with van der Waals surface area (Å²) < 4.78 is 17.2. The van der Waals surface area contributed by atoms with Crippen LogP contribution < -0.4 is 0 Å². The second-order valence-corrected chi connectivity index (χ2v) is 14.9. The summed E-state index contributed by atoms with van der Waals surface area (Å²) in [6.45, 7) is 8.17. The van der Waals surface area contributed by atoms with Gasteiger partial charge < -0.3 is 14.4 Å². The first kappa shape index (κ1) is 33.6. The average molecular weight is 882 g/mol. The van der Waals surface area contributed by atoms with Gasteiger partial charge in [-0.3, -0.25) is 0 Å². The van der Waals surface area contributed by atoms with Gasteiger partial charge >= 0.3 is 0 Å². The third kappa shape index (κ3) is 6.44. The molecule has 0 saturated carbocycles. The minimum Gasteiger partial charge on any atom is -0.501 e. The third-order valence-corrected chi connectivity index (χ3v) is 11.1. The molecule has 0 aliphatic carbocycles. The molecule has 1 radical (unpaired) electrons. The Kier molecular flexibility index (Phi) is 9.09. The number of fused-ring (bicyclic) bond motifs is 9. The molecule has 5 heteroatoms. The minimum atomic E-state index is -0.634. The van der Waals surface area contributed by atoms with Crippen molar-refractivity contribution >= 4 is 75.0 Å². The van der Waals surface area contributed by atoms with Crippen molar-refractivity contribution < 1.29 is 25.9 Å². The Morgan fingerprint density at radius 2 is 1.36 bits per heavy atom. The normalized spacial score (nSPS) is 12.1. The van der Waals surface area contributed by atoms with Crippen LogP contribution in [0.25, 0.3) is 86.2 Å². The third-order valence-electron chi connectivity index (χ3n) is 9.93. The number of hydrogen-bond donors (Lipinski definition) is 0. The SMILES string of the molecule is CC(C)c1ccnc(-c2[c-]ccc3c2oc2cc4c(cc23)sc2ccccc24)c1.[2H]C(C)(C)c1ccnc(-c2[c-]cc3c(ccc4ccccc43)c2)c1.[Ir]. The number of thiophene rings is 1. The molecule has 0 atom stereocenters. The molecule has 6 aromatic carbocycles. The van der Waals surface area contributed by atoms with Crippen LogP contribution in [0.5, 0.6) is 0 Å². The summed E-state index contributed by atoms with van der Waals surface area (Å²) in [4.78, 5) is 9.09. The van der Waals surface area contributed by atoms with Crippen LogP contribution in [-0.4, -0.2) is 9.97 Å². The molecule has 0 fully saturated rings. The fourth-order valence-electron chi connectivity index (χ4n) is 7.07. The minimum absolute atomic E-state index is 0. The van der Waals surface area contributed by atoms with Crippen molar-refractivity contribution in [3.63, 3.8) is 0 Å². The molecule has 53 heavy (non-hydrogen) atoms. The van der Waals surface area contributed by atoms with E-state index >= 15 is 0 Å². The van der Waals surface area contributed by atoms with Gasteiger partial charge in [0.1, 0.15) is 5.58 Å². The molecule has 0 saturated heterocycles. The van der Waals surface area contributed by atoms with Crippen LogP contribution in [0.4, 0.5) is 0 Å². The van der Waals surface area contributed by atoms with E-state index in [2.05, 4.69) is 133 Å². The van der Waals surface area contributed by atoms with Crippen molar-refractivity contribution in [2.75, 3.05) is 0 Å². The number of nitrogens with zero attached hydrogens (tertiary/aromatic N) is 2. The maximum Gasteiger partial charge on any atom is 0.121 e. The first-order chi connectivity index (χ1) is 25.7. The van der Waals surface area contributed by atoms with Crippen molar-refractivity contribution in [1.82, 2.24) is 9.97 Å². The Balaban J connectivity index is 0.000000153. The van der Waals surface area contributed by atoms with E-state index in [0.717, 1.165) is 50.0 Å². The Hall–Kier alpha value is -5.19. The van der Waals surface area contributed by atoms with Crippen molar-refractivity contribution in [3.05, 3.63) is 157 Å². The van der Waals surface area contributed by atoms with Gasteiger partial charge in [0.25, 0.3) is 0 Å². The smallest absolute Gasteiger partial charge is 0.121 e. The molecule has 4 heterocycles. The molecule has 10 aromatic rings. The summed E-state index contributed by atoms with van der Waals surface area (Å²) in [5.74, 6) is -0.184. The standard InChI is InChI=1S/C26H18NOS.C22H18N.Ir/c1-15(2)16-10-11-27-22(12-16)19-8-5-7-18-20-14-25-21(13-23(20)28-26(18)19)17-6-3-4-9-24(17)29-25;1-15(2)17-11-12-23-22(14-17)19-9-10-21-18(13-19)8-7-16-5-3-4-6-20(16)21;/h3-7,9-15H,1-2H3;3-8,10-15H,1-2H3;/q2*-1;/i;15D;. The summed E-state index contributed by atoms with van der Waals surface area (Å²) in [6, 6.07) is 48.8. The molecule has 4 aromatic heterocycles. The quantitative estimate of drug-likeness (QED) is 0.131. The van der Waals surface area contributed by atoms with Gasteiger partial charge in [0.2, 0.25) is 0 Å². The predicted octanol–water partition coefficient (Wildman–Crippen LogP) is 13.9. The zero-order valence-electron chi connectivity index (χ0n) is 30.8. The number of rotatable bonds is 4. The van der Waals surface area contributed by atoms with Gasteiger partial charge in [0.05, 0.1) is 5.58 Å². The number of furan rings is 1. The average Bonchev–Trinajstić information content (AvgIpc) is 3.74. The number of aromatic nitrogens is 2. The van der Waals surface area contributed by atoms with E-state index in [-0.39, 0.29) is 20.1 Å². The van der Waals surface area contributed by atoms with Gasteiger partial charge in [0.15, 0.2) is 0 Å². The Labute approximate surface area is 328 Å². The van der Waals surface area contributed by atoms with Crippen molar-refractivity contribution in [1.29, 1.82) is 0 Å².